The van der Waals surface area contributed by atoms with Crippen molar-refractivity contribution < 1.29 is 9.53 Å². The van der Waals surface area contributed by atoms with Crippen molar-refractivity contribution in [3.63, 3.8) is 0 Å². The summed E-state index contributed by atoms with van der Waals surface area (Å²) in [5.74, 6) is 0.283. The monoisotopic (exact) mass is 169 g/mol. The lowest BCUT2D eigenvalue weighted by Gasteiger charge is -2.30. The Bertz CT molecular complexity index is 189. The molecule has 3 nitrogen and oxygen atoms in total. The van der Waals surface area contributed by atoms with Gasteiger partial charge in [0.05, 0.1) is 12.2 Å². The van der Waals surface area contributed by atoms with E-state index in [9.17, 15) is 4.79 Å². The lowest BCUT2D eigenvalue weighted by Crippen LogP contribution is -2.41. The molecule has 0 atom stereocenters. The number of carbonyl (C=O) groups is 1. The first-order valence-electron chi connectivity index (χ1n) is 4.67. The summed E-state index contributed by atoms with van der Waals surface area (Å²) in [6, 6.07) is 0. The van der Waals surface area contributed by atoms with E-state index in [-0.39, 0.29) is 11.5 Å². The van der Waals surface area contributed by atoms with E-state index in [1.807, 2.05) is 11.8 Å². The average molecular weight is 169 g/mol. The summed E-state index contributed by atoms with van der Waals surface area (Å²) in [6.07, 6.45) is 2.71. The molecule has 2 fully saturated rings. The largest absolute Gasteiger partial charge is 0.369 e. The Hall–Kier alpha value is -0.570. The van der Waals surface area contributed by atoms with Crippen molar-refractivity contribution in [2.24, 2.45) is 0 Å². The van der Waals surface area contributed by atoms with Crippen LogP contribution in [0.5, 0.6) is 0 Å². The number of piperidine rings is 1. The molecule has 3 heteroatoms. The van der Waals surface area contributed by atoms with Gasteiger partial charge in [-0.25, -0.2) is 0 Å². The third kappa shape index (κ3) is 1.33. The fourth-order valence-electron chi connectivity index (χ4n) is 1.78. The van der Waals surface area contributed by atoms with Gasteiger partial charge in [0, 0.05) is 19.5 Å². The molecule has 0 saturated carbocycles. The summed E-state index contributed by atoms with van der Waals surface area (Å²) in [5, 5.41) is 0. The molecule has 2 aliphatic rings. The van der Waals surface area contributed by atoms with Crippen molar-refractivity contribution in [1.82, 2.24) is 4.90 Å². The zero-order valence-corrected chi connectivity index (χ0v) is 7.51. The Morgan fingerprint density at radius 2 is 2.08 bits per heavy atom. The van der Waals surface area contributed by atoms with Crippen LogP contribution >= 0.6 is 0 Å². The number of nitrogens with zero attached hydrogens (tertiary/aromatic N) is 1. The van der Waals surface area contributed by atoms with Crippen molar-refractivity contribution in [3.05, 3.63) is 0 Å². The number of carbonyl (C=O) groups excluding carboxylic acids is 1. The second-order valence-corrected chi connectivity index (χ2v) is 3.71. The first kappa shape index (κ1) is 8.05. The molecule has 12 heavy (non-hydrogen) atoms. The molecular weight excluding hydrogens is 154 g/mol. The number of rotatable bonds is 1. The minimum absolute atomic E-state index is 0.199. The maximum atomic E-state index is 11.3. The molecular formula is C9H15NO2. The van der Waals surface area contributed by atoms with Crippen LogP contribution in [0.25, 0.3) is 0 Å². The van der Waals surface area contributed by atoms with Crippen molar-refractivity contribution in [3.8, 4) is 0 Å². The number of amides is 1. The van der Waals surface area contributed by atoms with Crippen molar-refractivity contribution in [2.45, 2.75) is 31.8 Å². The summed E-state index contributed by atoms with van der Waals surface area (Å²) < 4.78 is 5.36. The van der Waals surface area contributed by atoms with E-state index in [1.54, 1.807) is 0 Å². The molecule has 2 saturated heterocycles. The van der Waals surface area contributed by atoms with Gasteiger partial charge in [-0.15, -0.1) is 0 Å². The molecule has 0 aromatic heterocycles. The average Bonchev–Trinajstić information content (AvgIpc) is 2.85. The zero-order valence-electron chi connectivity index (χ0n) is 7.51. The Labute approximate surface area is 72.7 Å². The predicted octanol–water partition coefficient (Wildman–Crippen LogP) is 0.788. The molecule has 0 aliphatic carbocycles. The fraction of sp³-hybridized carbons (Fsp3) is 0.889. The van der Waals surface area contributed by atoms with Gasteiger partial charge in [0.15, 0.2) is 0 Å². The van der Waals surface area contributed by atoms with Gasteiger partial charge in [0.2, 0.25) is 5.91 Å². The van der Waals surface area contributed by atoms with E-state index in [0.717, 1.165) is 32.5 Å². The van der Waals surface area contributed by atoms with E-state index >= 15 is 0 Å². The van der Waals surface area contributed by atoms with Crippen LogP contribution in [0.1, 0.15) is 26.2 Å². The summed E-state index contributed by atoms with van der Waals surface area (Å²) >= 11 is 0. The summed E-state index contributed by atoms with van der Waals surface area (Å²) in [4.78, 5) is 13.2. The van der Waals surface area contributed by atoms with Gasteiger partial charge in [0.25, 0.3) is 0 Å². The van der Waals surface area contributed by atoms with Crippen LogP contribution in [0.2, 0.25) is 0 Å². The van der Waals surface area contributed by atoms with Crippen LogP contribution in [-0.4, -0.2) is 36.1 Å². The quantitative estimate of drug-likeness (QED) is 0.544. The van der Waals surface area contributed by atoms with Crippen molar-refractivity contribution >= 4 is 5.91 Å². The first-order chi connectivity index (χ1) is 5.76. The number of likely N-dealkylation sites (tertiary alicyclic amines) is 1. The molecule has 0 bridgehead atoms. The van der Waals surface area contributed by atoms with Crippen LogP contribution < -0.4 is 0 Å². The summed E-state index contributed by atoms with van der Waals surface area (Å²) in [6.45, 7) is 4.63. The van der Waals surface area contributed by atoms with E-state index in [0.29, 0.717) is 6.42 Å². The highest BCUT2D eigenvalue weighted by Crippen LogP contribution is 2.37. The van der Waals surface area contributed by atoms with Crippen LogP contribution in [0.4, 0.5) is 0 Å². The van der Waals surface area contributed by atoms with Crippen LogP contribution in [0.3, 0.4) is 0 Å². The van der Waals surface area contributed by atoms with Crippen molar-refractivity contribution in [2.75, 3.05) is 19.7 Å². The van der Waals surface area contributed by atoms with Gasteiger partial charge in [-0.2, -0.15) is 0 Å². The van der Waals surface area contributed by atoms with Crippen LogP contribution in [0.15, 0.2) is 0 Å². The van der Waals surface area contributed by atoms with E-state index in [4.69, 9.17) is 4.74 Å². The molecule has 2 rings (SSSR count). The van der Waals surface area contributed by atoms with Gasteiger partial charge >= 0.3 is 0 Å². The highest BCUT2D eigenvalue weighted by Gasteiger charge is 2.46. The van der Waals surface area contributed by atoms with Crippen molar-refractivity contribution in [1.29, 1.82) is 0 Å². The lowest BCUT2D eigenvalue weighted by molar-refractivity contribution is -0.132. The van der Waals surface area contributed by atoms with Gasteiger partial charge in [-0.05, 0) is 12.8 Å². The van der Waals surface area contributed by atoms with Gasteiger partial charge in [0.1, 0.15) is 0 Å². The third-order valence-corrected chi connectivity index (χ3v) is 2.88. The maximum absolute atomic E-state index is 11.3. The standard InChI is InChI=1S/C9H15NO2/c1-2-8(11)10-5-3-9(4-6-10)7-12-9/h2-7H2,1H3. The Morgan fingerprint density at radius 1 is 1.50 bits per heavy atom. The van der Waals surface area contributed by atoms with Crippen LogP contribution in [-0.2, 0) is 9.53 Å². The number of epoxide rings is 1. The second-order valence-electron chi connectivity index (χ2n) is 3.71. The second kappa shape index (κ2) is 2.73. The van der Waals surface area contributed by atoms with E-state index in [1.165, 1.54) is 0 Å². The molecule has 1 amide bonds. The zero-order chi connectivity index (χ0) is 8.60. The SMILES string of the molecule is CCC(=O)N1CCC2(CC1)CO2. The van der Waals surface area contributed by atoms with Gasteiger partial charge in [-0.3, -0.25) is 4.79 Å². The molecule has 2 heterocycles. The number of ether oxygens (including phenoxy) is 1. The maximum Gasteiger partial charge on any atom is 0.222 e. The Morgan fingerprint density at radius 3 is 2.50 bits per heavy atom. The summed E-state index contributed by atoms with van der Waals surface area (Å²) in [7, 11) is 0. The Kier molecular flexibility index (Phi) is 1.83. The lowest BCUT2D eigenvalue weighted by atomic mass is 9.98. The Balaban J connectivity index is 1.85. The molecule has 0 N–H and O–H groups in total. The number of hydrogen-bond donors (Lipinski definition) is 0. The minimum atomic E-state index is 0.199. The smallest absolute Gasteiger partial charge is 0.222 e. The highest BCUT2D eigenvalue weighted by molar-refractivity contribution is 5.75. The first-order valence-corrected chi connectivity index (χ1v) is 4.67. The normalized spacial score (nSPS) is 25.9. The number of hydrogen-bond acceptors (Lipinski definition) is 2. The predicted molar refractivity (Wildman–Crippen MR) is 44.8 cm³/mol. The van der Waals surface area contributed by atoms with Crippen LogP contribution in [0, 0.1) is 0 Å². The topological polar surface area (TPSA) is 32.8 Å². The molecule has 1 spiro atoms. The molecule has 0 aromatic rings. The van der Waals surface area contributed by atoms with Gasteiger partial charge in [-0.1, -0.05) is 6.92 Å². The molecule has 0 unspecified atom stereocenters. The molecule has 2 aliphatic heterocycles. The molecule has 68 valence electrons. The van der Waals surface area contributed by atoms with Gasteiger partial charge < -0.3 is 9.64 Å². The molecule has 0 radical (unpaired) electrons. The summed E-state index contributed by atoms with van der Waals surface area (Å²) in [5.41, 5.74) is 0.199. The van der Waals surface area contributed by atoms with E-state index < -0.39 is 0 Å². The molecule has 0 aromatic carbocycles. The van der Waals surface area contributed by atoms with E-state index in [2.05, 4.69) is 0 Å². The fourth-order valence-corrected chi connectivity index (χ4v) is 1.78. The minimum Gasteiger partial charge on any atom is -0.369 e. The highest BCUT2D eigenvalue weighted by atomic mass is 16.6. The third-order valence-electron chi connectivity index (χ3n) is 2.88.